The largest absolute Gasteiger partial charge is 0.453 e. The Balaban J connectivity index is 1.82. The molecule has 0 amide bonds. The predicted octanol–water partition coefficient (Wildman–Crippen LogP) is 7.44. The van der Waals surface area contributed by atoms with Crippen molar-refractivity contribution in [2.75, 3.05) is 4.90 Å². The molecule has 30 heavy (non-hydrogen) atoms. The van der Waals surface area contributed by atoms with Crippen molar-refractivity contribution < 1.29 is 4.74 Å². The van der Waals surface area contributed by atoms with Crippen molar-refractivity contribution in [3.8, 4) is 17.6 Å². The van der Waals surface area contributed by atoms with E-state index in [-0.39, 0.29) is 0 Å². The van der Waals surface area contributed by atoms with Gasteiger partial charge in [-0.1, -0.05) is 72.8 Å². The van der Waals surface area contributed by atoms with Crippen LogP contribution in [0.3, 0.4) is 0 Å². The van der Waals surface area contributed by atoms with E-state index in [2.05, 4.69) is 35.2 Å². The number of fused-ring (bicyclic) bond motifs is 4. The Morgan fingerprint density at radius 2 is 1.00 bits per heavy atom. The maximum absolute atomic E-state index is 9.97. The standard InChI is InChI=1S/C27H16N2O/c28-17-22-18-9-1-3-11-20(18)27(21-12-4-2-10-19(21)22)29-23-13-5-7-15-25(23)30-26-16-8-6-14-24(26)29/h1-16H. The van der Waals surface area contributed by atoms with Crippen molar-refractivity contribution in [2.45, 2.75) is 0 Å². The van der Waals surface area contributed by atoms with Gasteiger partial charge < -0.3 is 9.64 Å². The minimum atomic E-state index is 0.708. The highest BCUT2D eigenvalue weighted by Crippen LogP contribution is 2.53. The summed E-state index contributed by atoms with van der Waals surface area (Å²) in [5, 5.41) is 14.0. The average molecular weight is 384 g/mol. The molecule has 0 unspecified atom stereocenters. The highest BCUT2D eigenvalue weighted by molar-refractivity contribution is 6.18. The maximum atomic E-state index is 9.97. The zero-order chi connectivity index (χ0) is 20.1. The van der Waals surface area contributed by atoms with Crippen molar-refractivity contribution in [1.82, 2.24) is 0 Å². The topological polar surface area (TPSA) is 36.3 Å². The van der Waals surface area contributed by atoms with Crippen LogP contribution in [0.2, 0.25) is 0 Å². The third-order valence-corrected chi connectivity index (χ3v) is 5.67. The van der Waals surface area contributed by atoms with Gasteiger partial charge in [0.05, 0.1) is 22.6 Å². The molecule has 1 heterocycles. The fourth-order valence-electron chi connectivity index (χ4n) is 4.41. The maximum Gasteiger partial charge on any atom is 0.151 e. The lowest BCUT2D eigenvalue weighted by atomic mass is 9.94. The molecule has 3 nitrogen and oxygen atoms in total. The number of para-hydroxylation sites is 4. The van der Waals surface area contributed by atoms with Gasteiger partial charge in [-0.15, -0.1) is 0 Å². The molecule has 0 bridgehead atoms. The monoisotopic (exact) mass is 384 g/mol. The second kappa shape index (κ2) is 6.37. The molecule has 0 aromatic heterocycles. The highest BCUT2D eigenvalue weighted by Gasteiger charge is 2.28. The van der Waals surface area contributed by atoms with E-state index in [4.69, 9.17) is 4.74 Å². The fraction of sp³-hybridized carbons (Fsp3) is 0. The molecule has 1 aliphatic rings. The van der Waals surface area contributed by atoms with Gasteiger partial charge >= 0.3 is 0 Å². The van der Waals surface area contributed by atoms with Crippen molar-refractivity contribution >= 4 is 38.6 Å². The molecule has 140 valence electrons. The molecule has 0 N–H and O–H groups in total. The number of hydrogen-bond acceptors (Lipinski definition) is 3. The van der Waals surface area contributed by atoms with Crippen LogP contribution in [-0.4, -0.2) is 0 Å². The summed E-state index contributed by atoms with van der Waals surface area (Å²) in [5.41, 5.74) is 3.73. The molecule has 0 atom stereocenters. The number of benzene rings is 5. The summed E-state index contributed by atoms with van der Waals surface area (Å²) < 4.78 is 6.20. The van der Waals surface area contributed by atoms with Gasteiger partial charge in [0.25, 0.3) is 0 Å². The van der Waals surface area contributed by atoms with Gasteiger partial charge in [-0.2, -0.15) is 5.26 Å². The zero-order valence-corrected chi connectivity index (χ0v) is 16.0. The quantitative estimate of drug-likeness (QED) is 0.276. The number of ether oxygens (including phenoxy) is 1. The Bertz CT molecular complexity index is 1390. The van der Waals surface area contributed by atoms with Gasteiger partial charge in [0.1, 0.15) is 6.07 Å². The van der Waals surface area contributed by atoms with Crippen LogP contribution in [0.25, 0.3) is 21.5 Å². The first-order valence-corrected chi connectivity index (χ1v) is 9.86. The van der Waals surface area contributed by atoms with Crippen LogP contribution in [0.1, 0.15) is 5.56 Å². The third-order valence-electron chi connectivity index (χ3n) is 5.67. The number of rotatable bonds is 1. The first-order chi connectivity index (χ1) is 14.9. The second-order valence-electron chi connectivity index (χ2n) is 7.30. The normalized spacial score (nSPS) is 12.2. The summed E-state index contributed by atoms with van der Waals surface area (Å²) in [6, 6.07) is 34.9. The molecule has 3 heteroatoms. The van der Waals surface area contributed by atoms with Gasteiger partial charge in [0.2, 0.25) is 0 Å². The average Bonchev–Trinajstić information content (AvgIpc) is 2.81. The Kier molecular flexibility index (Phi) is 3.53. The summed E-state index contributed by atoms with van der Waals surface area (Å²) >= 11 is 0. The van der Waals surface area contributed by atoms with Crippen LogP contribution in [-0.2, 0) is 0 Å². The lowest BCUT2D eigenvalue weighted by Gasteiger charge is -2.34. The molecule has 5 aromatic carbocycles. The van der Waals surface area contributed by atoms with E-state index in [0.717, 1.165) is 50.1 Å². The first-order valence-electron chi connectivity index (χ1n) is 9.86. The summed E-state index contributed by atoms with van der Waals surface area (Å²) in [6.45, 7) is 0. The molecule has 0 aliphatic carbocycles. The first kappa shape index (κ1) is 16.6. The molecule has 0 saturated carbocycles. The van der Waals surface area contributed by atoms with Crippen LogP contribution in [0.5, 0.6) is 11.5 Å². The van der Waals surface area contributed by atoms with Crippen LogP contribution in [0.15, 0.2) is 97.1 Å². The van der Waals surface area contributed by atoms with Crippen LogP contribution in [0.4, 0.5) is 17.1 Å². The van der Waals surface area contributed by atoms with E-state index in [0.29, 0.717) is 5.56 Å². The molecule has 0 radical (unpaired) electrons. The number of nitriles is 1. The van der Waals surface area contributed by atoms with Crippen molar-refractivity contribution in [3.63, 3.8) is 0 Å². The fourth-order valence-corrected chi connectivity index (χ4v) is 4.41. The molecule has 1 aliphatic heterocycles. The SMILES string of the molecule is N#Cc1c2ccccc2c(N2c3ccccc3Oc3ccccc32)c2ccccc12. The predicted molar refractivity (Wildman–Crippen MR) is 121 cm³/mol. The third kappa shape index (κ3) is 2.25. The molecule has 0 fully saturated rings. The Morgan fingerprint density at radius 1 is 0.567 bits per heavy atom. The van der Waals surface area contributed by atoms with E-state index in [1.807, 2.05) is 72.8 Å². The van der Waals surface area contributed by atoms with E-state index in [1.54, 1.807) is 0 Å². The van der Waals surface area contributed by atoms with E-state index in [1.165, 1.54) is 0 Å². The number of hydrogen-bond donors (Lipinski definition) is 0. The van der Waals surface area contributed by atoms with Crippen molar-refractivity contribution in [1.29, 1.82) is 5.26 Å². The van der Waals surface area contributed by atoms with Gasteiger partial charge in [-0.05, 0) is 24.3 Å². The van der Waals surface area contributed by atoms with E-state index in [9.17, 15) is 5.26 Å². The Morgan fingerprint density at radius 3 is 1.50 bits per heavy atom. The van der Waals surface area contributed by atoms with Gasteiger partial charge in [0.15, 0.2) is 11.5 Å². The molecule has 0 saturated heterocycles. The van der Waals surface area contributed by atoms with Crippen molar-refractivity contribution in [2.24, 2.45) is 0 Å². The minimum absolute atomic E-state index is 0.708. The smallest absolute Gasteiger partial charge is 0.151 e. The summed E-state index contributed by atoms with van der Waals surface area (Å²) in [5.74, 6) is 1.63. The van der Waals surface area contributed by atoms with Gasteiger partial charge in [0, 0.05) is 21.5 Å². The lowest BCUT2D eigenvalue weighted by Crippen LogP contribution is -2.16. The summed E-state index contributed by atoms with van der Waals surface area (Å²) in [6.07, 6.45) is 0. The van der Waals surface area contributed by atoms with E-state index < -0.39 is 0 Å². The van der Waals surface area contributed by atoms with Gasteiger partial charge in [-0.25, -0.2) is 0 Å². The molecule has 0 spiro atoms. The number of anilines is 3. The summed E-state index contributed by atoms with van der Waals surface area (Å²) in [4.78, 5) is 2.26. The molecular formula is C27H16N2O. The Labute approximate surface area is 174 Å². The molecule has 5 aromatic rings. The number of nitrogens with zero attached hydrogens (tertiary/aromatic N) is 2. The summed E-state index contributed by atoms with van der Waals surface area (Å²) in [7, 11) is 0. The van der Waals surface area contributed by atoms with Crippen LogP contribution >= 0.6 is 0 Å². The Hall–Kier alpha value is -4.29. The zero-order valence-electron chi connectivity index (χ0n) is 16.0. The van der Waals surface area contributed by atoms with Crippen LogP contribution < -0.4 is 9.64 Å². The highest BCUT2D eigenvalue weighted by atomic mass is 16.5. The van der Waals surface area contributed by atoms with E-state index >= 15 is 0 Å². The minimum Gasteiger partial charge on any atom is -0.453 e. The lowest BCUT2D eigenvalue weighted by molar-refractivity contribution is 0.477. The molecule has 6 rings (SSSR count). The van der Waals surface area contributed by atoms with Crippen molar-refractivity contribution in [3.05, 3.63) is 103 Å². The molecular weight excluding hydrogens is 368 g/mol. The van der Waals surface area contributed by atoms with Gasteiger partial charge in [-0.3, -0.25) is 0 Å². The van der Waals surface area contributed by atoms with Crippen LogP contribution in [0, 0.1) is 11.3 Å². The second-order valence-corrected chi connectivity index (χ2v) is 7.30.